The van der Waals surface area contributed by atoms with E-state index in [9.17, 15) is 0 Å². The zero-order chi connectivity index (χ0) is 9.31. The zero-order valence-electron chi connectivity index (χ0n) is 8.16. The van der Waals surface area contributed by atoms with E-state index in [-0.39, 0.29) is 5.54 Å². The van der Waals surface area contributed by atoms with E-state index in [4.69, 9.17) is 5.73 Å². The van der Waals surface area contributed by atoms with Crippen LogP contribution >= 0.6 is 0 Å². The lowest BCUT2D eigenvalue weighted by Crippen LogP contribution is -2.23. The number of benzene rings is 1. The van der Waals surface area contributed by atoms with E-state index in [2.05, 4.69) is 37.3 Å². The van der Waals surface area contributed by atoms with E-state index in [1.54, 1.807) is 0 Å². The monoisotopic (exact) mass is 175 g/mol. The van der Waals surface area contributed by atoms with Crippen LogP contribution in [0, 0.1) is 0 Å². The molecular formula is C12H17N. The first-order valence-electron chi connectivity index (χ1n) is 5.10. The van der Waals surface area contributed by atoms with Gasteiger partial charge in [0.15, 0.2) is 0 Å². The predicted molar refractivity (Wildman–Crippen MR) is 55.6 cm³/mol. The van der Waals surface area contributed by atoms with E-state index >= 15 is 0 Å². The Hall–Kier alpha value is -0.820. The van der Waals surface area contributed by atoms with E-state index in [0.29, 0.717) is 5.92 Å². The van der Waals surface area contributed by atoms with Crippen molar-refractivity contribution >= 4 is 0 Å². The molecule has 1 aromatic rings. The van der Waals surface area contributed by atoms with Crippen molar-refractivity contribution in [3.05, 3.63) is 35.9 Å². The van der Waals surface area contributed by atoms with Crippen LogP contribution in [0.15, 0.2) is 30.3 Å². The first-order chi connectivity index (χ1) is 6.26. The van der Waals surface area contributed by atoms with Crippen molar-refractivity contribution in [1.29, 1.82) is 0 Å². The number of hydrogen-bond donors (Lipinski definition) is 1. The Balaban J connectivity index is 2.07. The van der Waals surface area contributed by atoms with Gasteiger partial charge in [0, 0.05) is 11.5 Å². The molecule has 0 aliphatic heterocycles. The van der Waals surface area contributed by atoms with Crippen LogP contribution in [0.1, 0.15) is 37.7 Å². The van der Waals surface area contributed by atoms with Crippen LogP contribution in [-0.2, 0) is 0 Å². The highest BCUT2D eigenvalue weighted by Gasteiger charge is 2.50. The Morgan fingerprint density at radius 3 is 2.69 bits per heavy atom. The van der Waals surface area contributed by atoms with Crippen molar-refractivity contribution < 1.29 is 0 Å². The van der Waals surface area contributed by atoms with Crippen LogP contribution in [0.5, 0.6) is 0 Å². The molecule has 1 nitrogen and oxygen atoms in total. The summed E-state index contributed by atoms with van der Waals surface area (Å²) in [5, 5.41) is 0. The van der Waals surface area contributed by atoms with Crippen molar-refractivity contribution in [3.63, 3.8) is 0 Å². The molecule has 1 aliphatic rings. The van der Waals surface area contributed by atoms with E-state index in [1.165, 1.54) is 18.4 Å². The van der Waals surface area contributed by atoms with E-state index in [1.807, 2.05) is 0 Å². The molecule has 13 heavy (non-hydrogen) atoms. The first kappa shape index (κ1) is 8.76. The van der Waals surface area contributed by atoms with Gasteiger partial charge in [-0.2, -0.15) is 0 Å². The molecule has 0 bridgehead atoms. The summed E-state index contributed by atoms with van der Waals surface area (Å²) >= 11 is 0. The third-order valence-corrected chi connectivity index (χ3v) is 3.04. The molecule has 2 unspecified atom stereocenters. The van der Waals surface area contributed by atoms with Crippen molar-refractivity contribution in [1.82, 2.24) is 0 Å². The second kappa shape index (κ2) is 3.15. The minimum absolute atomic E-state index is 0.121. The normalized spacial score (nSPS) is 31.7. The molecule has 1 saturated carbocycles. The minimum atomic E-state index is 0.121. The van der Waals surface area contributed by atoms with Crippen LogP contribution in [-0.4, -0.2) is 5.54 Å². The van der Waals surface area contributed by atoms with Gasteiger partial charge in [-0.3, -0.25) is 0 Å². The highest BCUT2D eigenvalue weighted by atomic mass is 14.9. The van der Waals surface area contributed by atoms with Crippen LogP contribution in [0.25, 0.3) is 0 Å². The zero-order valence-corrected chi connectivity index (χ0v) is 8.16. The smallest absolute Gasteiger partial charge is 0.0230 e. The Bertz CT molecular complexity index is 280. The van der Waals surface area contributed by atoms with Crippen molar-refractivity contribution in [2.75, 3.05) is 0 Å². The highest BCUT2D eigenvalue weighted by Crippen LogP contribution is 2.51. The van der Waals surface area contributed by atoms with Crippen molar-refractivity contribution in [3.8, 4) is 0 Å². The lowest BCUT2D eigenvalue weighted by Gasteiger charge is -2.09. The van der Waals surface area contributed by atoms with Crippen LogP contribution in [0.2, 0.25) is 0 Å². The number of hydrogen-bond acceptors (Lipinski definition) is 1. The summed E-state index contributed by atoms with van der Waals surface area (Å²) in [6.07, 6.45) is 3.53. The third-order valence-electron chi connectivity index (χ3n) is 3.04. The maximum absolute atomic E-state index is 6.23. The molecule has 0 saturated heterocycles. The fourth-order valence-electron chi connectivity index (χ4n) is 2.20. The van der Waals surface area contributed by atoms with E-state index < -0.39 is 0 Å². The molecule has 0 amide bonds. The second-order valence-corrected chi connectivity index (χ2v) is 4.15. The molecule has 0 aromatic heterocycles. The highest BCUT2D eigenvalue weighted by molar-refractivity contribution is 5.32. The van der Waals surface area contributed by atoms with Crippen molar-refractivity contribution in [2.24, 2.45) is 5.73 Å². The van der Waals surface area contributed by atoms with Gasteiger partial charge in [-0.05, 0) is 18.4 Å². The largest absolute Gasteiger partial charge is 0.325 e. The molecule has 0 heterocycles. The number of nitrogens with two attached hydrogens (primary N) is 1. The summed E-state index contributed by atoms with van der Waals surface area (Å²) in [6, 6.07) is 10.6. The van der Waals surface area contributed by atoms with Crippen LogP contribution < -0.4 is 5.73 Å². The average molecular weight is 175 g/mol. The Kier molecular flexibility index (Phi) is 2.12. The topological polar surface area (TPSA) is 26.0 Å². The summed E-state index contributed by atoms with van der Waals surface area (Å²) in [5.74, 6) is 0.619. The van der Waals surface area contributed by atoms with Gasteiger partial charge in [0.1, 0.15) is 0 Å². The molecule has 1 aliphatic carbocycles. The van der Waals surface area contributed by atoms with Gasteiger partial charge in [-0.1, -0.05) is 43.7 Å². The summed E-state index contributed by atoms with van der Waals surface area (Å²) in [6.45, 7) is 2.20. The van der Waals surface area contributed by atoms with Gasteiger partial charge >= 0.3 is 0 Å². The second-order valence-electron chi connectivity index (χ2n) is 4.15. The minimum Gasteiger partial charge on any atom is -0.325 e. The van der Waals surface area contributed by atoms with Crippen molar-refractivity contribution in [2.45, 2.75) is 37.6 Å². The molecule has 2 N–H and O–H groups in total. The molecule has 0 radical (unpaired) electrons. The summed E-state index contributed by atoms with van der Waals surface area (Å²) < 4.78 is 0. The van der Waals surface area contributed by atoms with E-state index in [0.717, 1.165) is 6.42 Å². The predicted octanol–water partition coefficient (Wildman–Crippen LogP) is 2.67. The molecule has 1 heteroatoms. The first-order valence-corrected chi connectivity index (χ1v) is 5.10. The lowest BCUT2D eigenvalue weighted by atomic mass is 10.0. The molecule has 0 spiro atoms. The molecule has 70 valence electrons. The molecular weight excluding hydrogens is 158 g/mol. The standard InChI is InChI=1S/C12H17N/c1-2-8-12(13)9-11(12)10-6-4-3-5-7-10/h3-7,11H,2,8-9,13H2,1H3. The van der Waals surface area contributed by atoms with Crippen LogP contribution in [0.3, 0.4) is 0 Å². The lowest BCUT2D eigenvalue weighted by molar-refractivity contribution is 0.579. The molecule has 1 fully saturated rings. The summed E-state index contributed by atoms with van der Waals surface area (Å²) in [4.78, 5) is 0. The van der Waals surface area contributed by atoms with Gasteiger partial charge < -0.3 is 5.73 Å². The van der Waals surface area contributed by atoms with Gasteiger partial charge in [0.05, 0.1) is 0 Å². The fraction of sp³-hybridized carbons (Fsp3) is 0.500. The molecule has 1 aromatic carbocycles. The number of rotatable bonds is 3. The Morgan fingerprint density at radius 2 is 2.08 bits per heavy atom. The fourth-order valence-corrected chi connectivity index (χ4v) is 2.20. The Labute approximate surface area is 80.0 Å². The molecule has 2 atom stereocenters. The molecule has 2 rings (SSSR count). The van der Waals surface area contributed by atoms with Crippen LogP contribution in [0.4, 0.5) is 0 Å². The Morgan fingerprint density at radius 1 is 1.38 bits per heavy atom. The third kappa shape index (κ3) is 1.61. The summed E-state index contributed by atoms with van der Waals surface area (Å²) in [5.41, 5.74) is 7.77. The van der Waals surface area contributed by atoms with Gasteiger partial charge in [0.2, 0.25) is 0 Å². The maximum Gasteiger partial charge on any atom is 0.0230 e. The van der Waals surface area contributed by atoms with Gasteiger partial charge in [-0.25, -0.2) is 0 Å². The van der Waals surface area contributed by atoms with Gasteiger partial charge in [-0.15, -0.1) is 0 Å². The quantitative estimate of drug-likeness (QED) is 0.751. The average Bonchev–Trinajstić information content (AvgIpc) is 2.80. The van der Waals surface area contributed by atoms with Gasteiger partial charge in [0.25, 0.3) is 0 Å². The maximum atomic E-state index is 6.23. The SMILES string of the molecule is CCCC1(N)CC1c1ccccc1. The summed E-state index contributed by atoms with van der Waals surface area (Å²) in [7, 11) is 0.